The molecule has 3 nitrogen and oxygen atoms in total. The van der Waals surface area contributed by atoms with E-state index < -0.39 is 0 Å². The lowest BCUT2D eigenvalue weighted by Crippen LogP contribution is -2.05. The number of alkyl halides is 1. The van der Waals surface area contributed by atoms with Gasteiger partial charge in [0.2, 0.25) is 0 Å². The summed E-state index contributed by atoms with van der Waals surface area (Å²) >= 11 is 11.2. The van der Waals surface area contributed by atoms with Crippen molar-refractivity contribution in [3.05, 3.63) is 44.8 Å². The first kappa shape index (κ1) is 14.9. The fraction of sp³-hybridized carbons (Fsp3) is 0.267. The Bertz CT molecular complexity index is 768. The van der Waals surface area contributed by atoms with Gasteiger partial charge in [0.25, 0.3) is 0 Å². The monoisotopic (exact) mass is 384 g/mol. The molecule has 0 saturated carbocycles. The highest BCUT2D eigenvalue weighted by molar-refractivity contribution is 9.11. The van der Waals surface area contributed by atoms with E-state index in [-0.39, 0.29) is 0 Å². The average Bonchev–Trinajstić information content (AvgIpc) is 3.04. The number of rotatable bonds is 5. The molecule has 3 rings (SSSR count). The molecule has 0 saturated heterocycles. The Morgan fingerprint density at radius 1 is 1.33 bits per heavy atom. The Morgan fingerprint density at radius 2 is 2.19 bits per heavy atom. The minimum absolute atomic E-state index is 0.564. The zero-order valence-corrected chi connectivity index (χ0v) is 14.6. The van der Waals surface area contributed by atoms with Crippen molar-refractivity contribution in [3.8, 4) is 5.75 Å². The predicted octanol–water partition coefficient (Wildman–Crippen LogP) is 4.70. The topological polar surface area (TPSA) is 27.1 Å². The number of halogens is 2. The molecule has 0 aliphatic carbocycles. The number of ether oxygens (including phenoxy) is 1. The van der Waals surface area contributed by atoms with E-state index >= 15 is 0 Å². The van der Waals surface area contributed by atoms with Crippen LogP contribution >= 0.6 is 38.9 Å². The second kappa shape index (κ2) is 6.38. The largest absolute Gasteiger partial charge is 0.497 e. The molecule has 0 aliphatic rings. The van der Waals surface area contributed by atoms with Gasteiger partial charge in [-0.25, -0.2) is 4.98 Å². The van der Waals surface area contributed by atoms with Crippen LogP contribution in [0.4, 0.5) is 0 Å². The highest BCUT2D eigenvalue weighted by Gasteiger charge is 2.12. The van der Waals surface area contributed by atoms with Gasteiger partial charge >= 0.3 is 0 Å². The SMILES string of the molecule is COc1ccc2nc(CCCl)n(Cc3ccc(Br)s3)c2c1. The van der Waals surface area contributed by atoms with Gasteiger partial charge in [-0.05, 0) is 40.2 Å². The lowest BCUT2D eigenvalue weighted by Gasteiger charge is -2.07. The van der Waals surface area contributed by atoms with Crippen LogP contribution in [0.2, 0.25) is 0 Å². The van der Waals surface area contributed by atoms with Crippen molar-refractivity contribution in [1.29, 1.82) is 0 Å². The Balaban J connectivity index is 2.09. The minimum Gasteiger partial charge on any atom is -0.497 e. The van der Waals surface area contributed by atoms with Crippen LogP contribution in [0, 0.1) is 0 Å². The lowest BCUT2D eigenvalue weighted by atomic mass is 10.3. The standard InChI is InChI=1S/C15H14BrClN2OS/c1-20-10-2-4-12-13(8-10)19(15(18-12)6-7-17)9-11-3-5-14(16)21-11/h2-5,8H,6-7,9H2,1H3. The first-order valence-electron chi connectivity index (χ1n) is 6.54. The molecule has 0 N–H and O–H groups in total. The number of nitrogens with zero attached hydrogens (tertiary/aromatic N) is 2. The van der Waals surface area contributed by atoms with E-state index in [1.54, 1.807) is 18.4 Å². The summed E-state index contributed by atoms with van der Waals surface area (Å²) in [5.74, 6) is 2.42. The summed E-state index contributed by atoms with van der Waals surface area (Å²) in [6.45, 7) is 0.798. The third kappa shape index (κ3) is 3.10. The van der Waals surface area contributed by atoms with Crippen molar-refractivity contribution < 1.29 is 4.74 Å². The molecule has 0 radical (unpaired) electrons. The zero-order chi connectivity index (χ0) is 14.8. The third-order valence-corrected chi connectivity index (χ3v) is 5.09. The van der Waals surface area contributed by atoms with Gasteiger partial charge in [-0.15, -0.1) is 22.9 Å². The molecule has 0 amide bonds. The number of methoxy groups -OCH3 is 1. The Labute approximate surface area is 140 Å². The molecular weight excluding hydrogens is 372 g/mol. The first-order chi connectivity index (χ1) is 10.2. The van der Waals surface area contributed by atoms with E-state index in [1.165, 1.54) is 4.88 Å². The Hall–Kier alpha value is -1.04. The molecular formula is C15H14BrClN2OS. The molecule has 0 spiro atoms. The highest BCUT2D eigenvalue weighted by atomic mass is 79.9. The quantitative estimate of drug-likeness (QED) is 0.595. The van der Waals surface area contributed by atoms with E-state index in [0.29, 0.717) is 5.88 Å². The van der Waals surface area contributed by atoms with Crippen LogP contribution in [0.1, 0.15) is 10.7 Å². The van der Waals surface area contributed by atoms with Crippen LogP contribution in [0.25, 0.3) is 11.0 Å². The molecule has 3 aromatic rings. The number of imidazole rings is 1. The van der Waals surface area contributed by atoms with Gasteiger partial charge in [-0.1, -0.05) is 0 Å². The molecule has 6 heteroatoms. The van der Waals surface area contributed by atoms with Crippen molar-refractivity contribution in [2.75, 3.05) is 13.0 Å². The molecule has 0 fully saturated rings. The number of hydrogen-bond donors (Lipinski definition) is 0. The summed E-state index contributed by atoms with van der Waals surface area (Å²) in [5.41, 5.74) is 2.06. The molecule has 0 bridgehead atoms. The van der Waals surface area contributed by atoms with Gasteiger partial charge in [0.1, 0.15) is 11.6 Å². The number of thiophene rings is 1. The number of fused-ring (bicyclic) bond motifs is 1. The maximum atomic E-state index is 5.92. The van der Waals surface area contributed by atoms with Crippen LogP contribution in [0.5, 0.6) is 5.75 Å². The fourth-order valence-electron chi connectivity index (χ4n) is 2.32. The van der Waals surface area contributed by atoms with E-state index in [1.807, 2.05) is 18.2 Å². The summed E-state index contributed by atoms with van der Waals surface area (Å²) in [4.78, 5) is 5.97. The molecule has 2 heterocycles. The summed E-state index contributed by atoms with van der Waals surface area (Å²) in [5, 5.41) is 0. The lowest BCUT2D eigenvalue weighted by molar-refractivity contribution is 0.415. The fourth-order valence-corrected chi connectivity index (χ4v) is 3.96. The van der Waals surface area contributed by atoms with Crippen molar-refractivity contribution >= 4 is 49.9 Å². The minimum atomic E-state index is 0.564. The summed E-state index contributed by atoms with van der Waals surface area (Å²) in [7, 11) is 1.68. The van der Waals surface area contributed by atoms with E-state index in [2.05, 4.69) is 32.6 Å². The van der Waals surface area contributed by atoms with Crippen LogP contribution in [0.3, 0.4) is 0 Å². The summed E-state index contributed by atoms with van der Waals surface area (Å²) in [6.07, 6.45) is 0.755. The second-order valence-electron chi connectivity index (χ2n) is 4.61. The van der Waals surface area contributed by atoms with Gasteiger partial charge in [0.05, 0.1) is 28.5 Å². The van der Waals surface area contributed by atoms with Gasteiger partial charge < -0.3 is 9.30 Å². The van der Waals surface area contributed by atoms with Gasteiger partial charge in [0.15, 0.2) is 0 Å². The van der Waals surface area contributed by atoms with E-state index in [0.717, 1.165) is 39.4 Å². The molecule has 0 unspecified atom stereocenters. The number of hydrogen-bond acceptors (Lipinski definition) is 3. The highest BCUT2D eigenvalue weighted by Crippen LogP contribution is 2.27. The normalized spacial score (nSPS) is 11.2. The van der Waals surface area contributed by atoms with Gasteiger partial charge in [-0.3, -0.25) is 0 Å². The Morgan fingerprint density at radius 3 is 2.86 bits per heavy atom. The molecule has 2 aromatic heterocycles. The first-order valence-corrected chi connectivity index (χ1v) is 8.69. The zero-order valence-electron chi connectivity index (χ0n) is 11.5. The van der Waals surface area contributed by atoms with E-state index in [4.69, 9.17) is 21.3 Å². The van der Waals surface area contributed by atoms with Crippen LogP contribution in [0.15, 0.2) is 34.1 Å². The molecule has 1 aromatic carbocycles. The smallest absolute Gasteiger partial charge is 0.121 e. The Kier molecular flexibility index (Phi) is 4.52. The summed E-state index contributed by atoms with van der Waals surface area (Å²) in [6, 6.07) is 10.2. The van der Waals surface area contributed by atoms with Crippen molar-refractivity contribution in [1.82, 2.24) is 9.55 Å². The van der Waals surface area contributed by atoms with E-state index in [9.17, 15) is 0 Å². The van der Waals surface area contributed by atoms with Crippen molar-refractivity contribution in [2.45, 2.75) is 13.0 Å². The molecule has 110 valence electrons. The average molecular weight is 386 g/mol. The number of aryl methyl sites for hydroxylation is 1. The number of aromatic nitrogens is 2. The molecule has 0 aliphatic heterocycles. The summed E-state index contributed by atoms with van der Waals surface area (Å²) < 4.78 is 8.69. The van der Waals surface area contributed by atoms with Gasteiger partial charge in [0, 0.05) is 23.2 Å². The second-order valence-corrected chi connectivity index (χ2v) is 7.54. The van der Waals surface area contributed by atoms with Crippen LogP contribution in [-0.4, -0.2) is 22.5 Å². The maximum Gasteiger partial charge on any atom is 0.121 e. The molecule has 0 atom stereocenters. The van der Waals surface area contributed by atoms with Crippen molar-refractivity contribution in [2.24, 2.45) is 0 Å². The van der Waals surface area contributed by atoms with Crippen LogP contribution in [-0.2, 0) is 13.0 Å². The third-order valence-electron chi connectivity index (χ3n) is 3.30. The number of benzene rings is 1. The predicted molar refractivity (Wildman–Crippen MR) is 91.8 cm³/mol. The van der Waals surface area contributed by atoms with Crippen molar-refractivity contribution in [3.63, 3.8) is 0 Å². The molecule has 21 heavy (non-hydrogen) atoms. The van der Waals surface area contributed by atoms with Gasteiger partial charge in [-0.2, -0.15) is 0 Å². The van der Waals surface area contributed by atoms with Crippen LogP contribution < -0.4 is 4.74 Å². The maximum absolute atomic E-state index is 5.92.